The van der Waals surface area contributed by atoms with Crippen molar-refractivity contribution in [3.05, 3.63) is 11.6 Å². The average Bonchev–Trinajstić information content (AvgIpc) is 2.19. The van der Waals surface area contributed by atoms with E-state index in [0.29, 0.717) is 5.57 Å². The van der Waals surface area contributed by atoms with Crippen molar-refractivity contribution in [2.24, 2.45) is 11.8 Å². The molecule has 1 heterocycles. The number of likely N-dealkylation sites (tertiary alicyclic amines) is 1. The minimum absolute atomic E-state index is 0.446. The molecule has 15 heavy (non-hydrogen) atoms. The Labute approximate surface area is 91.8 Å². The van der Waals surface area contributed by atoms with E-state index in [1.165, 1.54) is 6.42 Å². The largest absolute Gasteiger partial charge is 0.478 e. The molecule has 0 aromatic heterocycles. The van der Waals surface area contributed by atoms with Crippen LogP contribution in [-0.4, -0.2) is 35.6 Å². The van der Waals surface area contributed by atoms with Crippen LogP contribution in [0.3, 0.4) is 0 Å². The van der Waals surface area contributed by atoms with Crippen molar-refractivity contribution in [2.45, 2.75) is 27.2 Å². The van der Waals surface area contributed by atoms with Crippen LogP contribution in [0, 0.1) is 11.8 Å². The van der Waals surface area contributed by atoms with Gasteiger partial charge in [0.25, 0.3) is 0 Å². The van der Waals surface area contributed by atoms with Gasteiger partial charge in [-0.25, -0.2) is 4.79 Å². The summed E-state index contributed by atoms with van der Waals surface area (Å²) in [7, 11) is 0. The Morgan fingerprint density at radius 3 is 2.67 bits per heavy atom. The fourth-order valence-corrected chi connectivity index (χ4v) is 1.87. The Kier molecular flexibility index (Phi) is 4.33. The zero-order valence-electron chi connectivity index (χ0n) is 9.86. The van der Waals surface area contributed by atoms with E-state index in [-0.39, 0.29) is 0 Å². The second-order valence-corrected chi connectivity index (χ2v) is 4.70. The lowest BCUT2D eigenvalue weighted by Gasteiger charge is -2.34. The first-order chi connectivity index (χ1) is 7.00. The smallest absolute Gasteiger partial charge is 0.330 e. The number of rotatable bonds is 3. The molecule has 1 aliphatic rings. The molecule has 1 aliphatic heterocycles. The van der Waals surface area contributed by atoms with E-state index in [1.54, 1.807) is 6.92 Å². The predicted octanol–water partition coefficient (Wildman–Crippen LogP) is 2.00. The Balaban J connectivity index is 2.41. The SMILES string of the molecule is C/C(=C/CN1CCC(C)C(C)C1)C(=O)O. The van der Waals surface area contributed by atoms with Crippen LogP contribution in [0.5, 0.6) is 0 Å². The molecule has 3 nitrogen and oxygen atoms in total. The molecule has 1 fully saturated rings. The van der Waals surface area contributed by atoms with Gasteiger partial charge in [0.2, 0.25) is 0 Å². The molecule has 0 radical (unpaired) electrons. The van der Waals surface area contributed by atoms with Crippen molar-refractivity contribution < 1.29 is 9.90 Å². The van der Waals surface area contributed by atoms with E-state index >= 15 is 0 Å². The number of nitrogens with zero attached hydrogens (tertiary/aromatic N) is 1. The van der Waals surface area contributed by atoms with Gasteiger partial charge >= 0.3 is 5.97 Å². The third kappa shape index (κ3) is 3.67. The lowest BCUT2D eigenvalue weighted by atomic mass is 9.89. The molecule has 1 saturated heterocycles. The summed E-state index contributed by atoms with van der Waals surface area (Å²) >= 11 is 0. The first kappa shape index (κ1) is 12.2. The highest BCUT2D eigenvalue weighted by atomic mass is 16.4. The molecule has 86 valence electrons. The molecule has 2 unspecified atom stereocenters. The monoisotopic (exact) mass is 211 g/mol. The number of carbonyl (C=O) groups is 1. The lowest BCUT2D eigenvalue weighted by molar-refractivity contribution is -0.132. The molecule has 0 aromatic rings. The molecule has 1 N–H and O–H groups in total. The van der Waals surface area contributed by atoms with Crippen LogP contribution in [-0.2, 0) is 4.79 Å². The van der Waals surface area contributed by atoms with E-state index < -0.39 is 5.97 Å². The van der Waals surface area contributed by atoms with Gasteiger partial charge in [-0.15, -0.1) is 0 Å². The van der Waals surface area contributed by atoms with Gasteiger partial charge in [-0.05, 0) is 31.7 Å². The fourth-order valence-electron chi connectivity index (χ4n) is 1.87. The van der Waals surface area contributed by atoms with Crippen molar-refractivity contribution in [3.8, 4) is 0 Å². The molecule has 3 heteroatoms. The minimum Gasteiger partial charge on any atom is -0.478 e. The normalized spacial score (nSPS) is 29.1. The van der Waals surface area contributed by atoms with Crippen molar-refractivity contribution in [2.75, 3.05) is 19.6 Å². The summed E-state index contributed by atoms with van der Waals surface area (Å²) in [5, 5.41) is 8.72. The Morgan fingerprint density at radius 2 is 2.13 bits per heavy atom. The minimum atomic E-state index is -0.812. The summed E-state index contributed by atoms with van der Waals surface area (Å²) < 4.78 is 0. The standard InChI is InChI=1S/C12H21NO2/c1-9-4-6-13(8-11(9)3)7-5-10(2)12(14)15/h5,9,11H,4,6-8H2,1-3H3,(H,14,15)/b10-5-. The van der Waals surface area contributed by atoms with Crippen molar-refractivity contribution >= 4 is 5.97 Å². The van der Waals surface area contributed by atoms with Crippen LogP contribution in [0.1, 0.15) is 27.2 Å². The summed E-state index contributed by atoms with van der Waals surface area (Å²) in [6.07, 6.45) is 3.03. The third-order valence-electron chi connectivity index (χ3n) is 3.41. The number of hydrogen-bond acceptors (Lipinski definition) is 2. The van der Waals surface area contributed by atoms with E-state index in [9.17, 15) is 4.79 Å². The van der Waals surface area contributed by atoms with E-state index in [1.807, 2.05) is 6.08 Å². The van der Waals surface area contributed by atoms with Gasteiger partial charge in [-0.1, -0.05) is 19.9 Å². The van der Waals surface area contributed by atoms with Gasteiger partial charge in [0.05, 0.1) is 0 Å². The summed E-state index contributed by atoms with van der Waals surface area (Å²) in [6.45, 7) is 9.16. The van der Waals surface area contributed by atoms with Crippen LogP contribution in [0.2, 0.25) is 0 Å². The molecule has 0 saturated carbocycles. The summed E-state index contributed by atoms with van der Waals surface area (Å²) in [5.74, 6) is 0.705. The molecule has 0 aliphatic carbocycles. The zero-order chi connectivity index (χ0) is 11.4. The van der Waals surface area contributed by atoms with Crippen LogP contribution in [0.15, 0.2) is 11.6 Å². The van der Waals surface area contributed by atoms with Gasteiger partial charge in [-0.3, -0.25) is 4.90 Å². The molecule has 0 aromatic carbocycles. The maximum Gasteiger partial charge on any atom is 0.330 e. The zero-order valence-corrected chi connectivity index (χ0v) is 9.86. The molecule has 0 spiro atoms. The maximum atomic E-state index is 10.6. The quantitative estimate of drug-likeness (QED) is 0.726. The molecular formula is C12H21NO2. The van der Waals surface area contributed by atoms with Gasteiger partial charge in [-0.2, -0.15) is 0 Å². The van der Waals surface area contributed by atoms with Crippen molar-refractivity contribution in [3.63, 3.8) is 0 Å². The molecular weight excluding hydrogens is 190 g/mol. The van der Waals surface area contributed by atoms with E-state index in [2.05, 4.69) is 18.7 Å². The Morgan fingerprint density at radius 1 is 1.47 bits per heavy atom. The number of aliphatic carboxylic acids is 1. The first-order valence-electron chi connectivity index (χ1n) is 5.63. The van der Waals surface area contributed by atoms with Gasteiger partial charge in [0, 0.05) is 18.7 Å². The Hall–Kier alpha value is -0.830. The van der Waals surface area contributed by atoms with E-state index in [4.69, 9.17) is 5.11 Å². The maximum absolute atomic E-state index is 10.6. The summed E-state index contributed by atoms with van der Waals surface area (Å²) in [5.41, 5.74) is 0.446. The van der Waals surface area contributed by atoms with Crippen molar-refractivity contribution in [1.29, 1.82) is 0 Å². The number of piperidine rings is 1. The molecule has 0 amide bonds. The van der Waals surface area contributed by atoms with Crippen LogP contribution >= 0.6 is 0 Å². The van der Waals surface area contributed by atoms with Crippen LogP contribution in [0.4, 0.5) is 0 Å². The molecule has 0 bridgehead atoms. The first-order valence-corrected chi connectivity index (χ1v) is 5.63. The summed E-state index contributed by atoms with van der Waals surface area (Å²) in [6, 6.07) is 0. The van der Waals surface area contributed by atoms with Gasteiger partial charge < -0.3 is 5.11 Å². The van der Waals surface area contributed by atoms with Crippen molar-refractivity contribution in [1.82, 2.24) is 4.90 Å². The number of hydrogen-bond donors (Lipinski definition) is 1. The highest BCUT2D eigenvalue weighted by Crippen LogP contribution is 2.22. The highest BCUT2D eigenvalue weighted by molar-refractivity contribution is 5.85. The van der Waals surface area contributed by atoms with Crippen LogP contribution in [0.25, 0.3) is 0 Å². The highest BCUT2D eigenvalue weighted by Gasteiger charge is 2.21. The summed E-state index contributed by atoms with van der Waals surface area (Å²) in [4.78, 5) is 12.9. The number of carboxylic acid groups (broad SMARTS) is 1. The average molecular weight is 211 g/mol. The molecule has 1 rings (SSSR count). The van der Waals surface area contributed by atoms with E-state index in [0.717, 1.165) is 31.5 Å². The topological polar surface area (TPSA) is 40.5 Å². The van der Waals surface area contributed by atoms with Gasteiger partial charge in [0.1, 0.15) is 0 Å². The number of carboxylic acids is 1. The third-order valence-corrected chi connectivity index (χ3v) is 3.41. The molecule has 2 atom stereocenters. The van der Waals surface area contributed by atoms with Crippen LogP contribution < -0.4 is 0 Å². The second-order valence-electron chi connectivity index (χ2n) is 4.70. The predicted molar refractivity (Wildman–Crippen MR) is 60.8 cm³/mol. The second kappa shape index (κ2) is 5.31. The fraction of sp³-hybridized carbons (Fsp3) is 0.750. The van der Waals surface area contributed by atoms with Gasteiger partial charge in [0.15, 0.2) is 0 Å². The lowest BCUT2D eigenvalue weighted by Crippen LogP contribution is -2.38. The Bertz CT molecular complexity index is 260.